The molecule has 0 aliphatic rings. The van der Waals surface area contributed by atoms with Gasteiger partial charge in [-0.25, -0.2) is 8.78 Å². The molecule has 70 valence electrons. The van der Waals surface area contributed by atoms with E-state index in [9.17, 15) is 18.4 Å². The van der Waals surface area contributed by atoms with Gasteiger partial charge in [-0.3, -0.25) is 9.59 Å². The molecule has 0 radical (unpaired) electrons. The van der Waals surface area contributed by atoms with Crippen LogP contribution in [0.1, 0.15) is 22.3 Å². The van der Waals surface area contributed by atoms with Crippen LogP contribution in [0.3, 0.4) is 0 Å². The van der Waals surface area contributed by atoms with E-state index in [2.05, 4.69) is 4.98 Å². The zero-order valence-electron chi connectivity index (χ0n) is 6.38. The number of nitrogens with one attached hydrogen (secondary N) is 1. The highest BCUT2D eigenvalue weighted by Gasteiger charge is 2.19. The minimum atomic E-state index is -2.88. The van der Waals surface area contributed by atoms with Gasteiger partial charge in [0, 0.05) is 11.8 Å². The van der Waals surface area contributed by atoms with E-state index in [0.717, 1.165) is 12.3 Å². The summed E-state index contributed by atoms with van der Waals surface area (Å²) in [5, 5.41) is 0. The molecule has 0 aromatic carbocycles. The third kappa shape index (κ3) is 1.71. The van der Waals surface area contributed by atoms with Gasteiger partial charge in [0.2, 0.25) is 0 Å². The molecule has 1 amide bonds. The van der Waals surface area contributed by atoms with E-state index in [-0.39, 0.29) is 0 Å². The van der Waals surface area contributed by atoms with Crippen LogP contribution in [0.15, 0.2) is 17.1 Å². The maximum atomic E-state index is 12.2. The second kappa shape index (κ2) is 3.34. The van der Waals surface area contributed by atoms with Crippen molar-refractivity contribution in [2.24, 2.45) is 5.73 Å². The van der Waals surface area contributed by atoms with Crippen molar-refractivity contribution in [3.05, 3.63) is 33.7 Å². The fraction of sp³-hybridized carbons (Fsp3) is 0.143. The highest BCUT2D eigenvalue weighted by Crippen LogP contribution is 2.19. The summed E-state index contributed by atoms with van der Waals surface area (Å²) in [4.78, 5) is 23.6. The molecule has 3 N–H and O–H groups in total. The lowest BCUT2D eigenvalue weighted by Gasteiger charge is -2.02. The van der Waals surface area contributed by atoms with Gasteiger partial charge in [0.15, 0.2) is 0 Å². The Balaban J connectivity index is 3.43. The van der Waals surface area contributed by atoms with Gasteiger partial charge in [0.05, 0.1) is 0 Å². The first kappa shape index (κ1) is 9.37. The number of halogens is 2. The van der Waals surface area contributed by atoms with Crippen molar-refractivity contribution in [1.29, 1.82) is 0 Å². The van der Waals surface area contributed by atoms with Crippen molar-refractivity contribution in [3.63, 3.8) is 0 Å². The molecule has 1 rings (SSSR count). The average molecular weight is 188 g/mol. The SMILES string of the molecule is NC(=O)c1c(C(F)F)cc[nH]c1=O. The normalized spacial score (nSPS) is 10.4. The van der Waals surface area contributed by atoms with E-state index >= 15 is 0 Å². The molecule has 1 aromatic rings. The minimum Gasteiger partial charge on any atom is -0.365 e. The summed E-state index contributed by atoms with van der Waals surface area (Å²) in [5.74, 6) is -1.16. The van der Waals surface area contributed by atoms with Crippen molar-refractivity contribution in [3.8, 4) is 0 Å². The highest BCUT2D eigenvalue weighted by atomic mass is 19.3. The van der Waals surface area contributed by atoms with Crippen LogP contribution in [0, 0.1) is 0 Å². The molecule has 0 aliphatic carbocycles. The molecule has 0 fully saturated rings. The lowest BCUT2D eigenvalue weighted by molar-refractivity contribution is 0.0984. The van der Waals surface area contributed by atoms with Gasteiger partial charge in [0.1, 0.15) is 5.56 Å². The lowest BCUT2D eigenvalue weighted by Crippen LogP contribution is -2.25. The Kier molecular flexibility index (Phi) is 2.41. The molecule has 4 nitrogen and oxygen atoms in total. The Morgan fingerprint density at radius 2 is 2.15 bits per heavy atom. The number of rotatable bonds is 2. The first-order chi connectivity index (χ1) is 6.04. The molecular formula is C7H6F2N2O2. The predicted octanol–water partition coefficient (Wildman–Crippen LogP) is 0.411. The summed E-state index contributed by atoms with van der Waals surface area (Å²) >= 11 is 0. The number of hydrogen-bond acceptors (Lipinski definition) is 2. The fourth-order valence-corrected chi connectivity index (χ4v) is 0.930. The van der Waals surface area contributed by atoms with Crippen LogP contribution in [0.4, 0.5) is 8.78 Å². The monoisotopic (exact) mass is 188 g/mol. The Bertz CT molecular complexity index is 386. The summed E-state index contributed by atoms with van der Waals surface area (Å²) < 4.78 is 24.4. The number of pyridine rings is 1. The Morgan fingerprint density at radius 3 is 2.54 bits per heavy atom. The van der Waals surface area contributed by atoms with Gasteiger partial charge in [-0.2, -0.15) is 0 Å². The van der Waals surface area contributed by atoms with Gasteiger partial charge >= 0.3 is 0 Å². The first-order valence-corrected chi connectivity index (χ1v) is 3.33. The number of carbonyl (C=O) groups is 1. The molecule has 1 aromatic heterocycles. The van der Waals surface area contributed by atoms with Gasteiger partial charge < -0.3 is 10.7 Å². The molecule has 13 heavy (non-hydrogen) atoms. The number of H-pyrrole nitrogens is 1. The third-order valence-electron chi connectivity index (χ3n) is 1.47. The van der Waals surface area contributed by atoms with Crippen LogP contribution in [0.5, 0.6) is 0 Å². The molecular weight excluding hydrogens is 182 g/mol. The number of primary amides is 1. The van der Waals surface area contributed by atoms with Gasteiger partial charge in [-0.15, -0.1) is 0 Å². The average Bonchev–Trinajstić information content (AvgIpc) is 2.02. The lowest BCUT2D eigenvalue weighted by atomic mass is 10.1. The quantitative estimate of drug-likeness (QED) is 0.705. The number of alkyl halides is 2. The molecule has 0 spiro atoms. The van der Waals surface area contributed by atoms with Crippen molar-refractivity contribution in [2.45, 2.75) is 6.43 Å². The fourth-order valence-electron chi connectivity index (χ4n) is 0.930. The number of hydrogen-bond donors (Lipinski definition) is 2. The second-order valence-corrected chi connectivity index (χ2v) is 2.30. The van der Waals surface area contributed by atoms with Crippen LogP contribution < -0.4 is 11.3 Å². The summed E-state index contributed by atoms with van der Waals surface area (Å²) in [6.07, 6.45) is -1.85. The van der Waals surface area contributed by atoms with Crippen molar-refractivity contribution < 1.29 is 13.6 Å². The van der Waals surface area contributed by atoms with E-state index in [0.29, 0.717) is 0 Å². The van der Waals surface area contributed by atoms with E-state index in [4.69, 9.17) is 5.73 Å². The maximum absolute atomic E-state index is 12.2. The Hall–Kier alpha value is -1.72. The molecule has 0 saturated heterocycles. The van der Waals surface area contributed by atoms with Crippen molar-refractivity contribution in [1.82, 2.24) is 4.98 Å². The third-order valence-corrected chi connectivity index (χ3v) is 1.47. The highest BCUT2D eigenvalue weighted by molar-refractivity contribution is 5.93. The Morgan fingerprint density at radius 1 is 1.54 bits per heavy atom. The van der Waals surface area contributed by atoms with Crippen LogP contribution in [-0.2, 0) is 0 Å². The number of aromatic nitrogens is 1. The molecule has 0 bridgehead atoms. The minimum absolute atomic E-state index is 0.642. The van der Waals surface area contributed by atoms with Gasteiger partial charge in [-0.05, 0) is 6.07 Å². The van der Waals surface area contributed by atoms with E-state index in [1.54, 1.807) is 0 Å². The van der Waals surface area contributed by atoms with Crippen LogP contribution in [0.25, 0.3) is 0 Å². The van der Waals surface area contributed by atoms with Crippen LogP contribution >= 0.6 is 0 Å². The zero-order valence-corrected chi connectivity index (χ0v) is 6.38. The largest absolute Gasteiger partial charge is 0.365 e. The number of carbonyl (C=O) groups excluding carboxylic acids is 1. The molecule has 0 saturated carbocycles. The van der Waals surface area contributed by atoms with Crippen molar-refractivity contribution >= 4 is 5.91 Å². The number of nitrogens with two attached hydrogens (primary N) is 1. The summed E-state index contributed by atoms with van der Waals surface area (Å²) in [6, 6.07) is 0.951. The van der Waals surface area contributed by atoms with E-state index in [1.807, 2.05) is 0 Å². The predicted molar refractivity (Wildman–Crippen MR) is 40.5 cm³/mol. The number of amides is 1. The molecule has 0 unspecified atom stereocenters. The van der Waals surface area contributed by atoms with Crippen LogP contribution in [-0.4, -0.2) is 10.9 Å². The zero-order chi connectivity index (χ0) is 10.0. The standard InChI is InChI=1S/C7H6F2N2O2/c8-5(9)3-1-2-11-7(13)4(3)6(10)12/h1-2,5H,(H2,10,12)(H,11,13). The van der Waals surface area contributed by atoms with Gasteiger partial charge in [-0.1, -0.05) is 0 Å². The van der Waals surface area contributed by atoms with Crippen molar-refractivity contribution in [2.75, 3.05) is 0 Å². The summed E-state index contributed by atoms with van der Waals surface area (Å²) in [5.41, 5.74) is 2.54. The summed E-state index contributed by atoms with van der Waals surface area (Å²) in [6.45, 7) is 0. The van der Waals surface area contributed by atoms with E-state index < -0.39 is 29.0 Å². The first-order valence-electron chi connectivity index (χ1n) is 3.33. The molecule has 6 heteroatoms. The smallest absolute Gasteiger partial charge is 0.264 e. The molecule has 0 aliphatic heterocycles. The maximum Gasteiger partial charge on any atom is 0.264 e. The topological polar surface area (TPSA) is 76.0 Å². The van der Waals surface area contributed by atoms with Gasteiger partial charge in [0.25, 0.3) is 17.9 Å². The molecule has 0 atom stereocenters. The van der Waals surface area contributed by atoms with Crippen LogP contribution in [0.2, 0.25) is 0 Å². The number of aromatic amines is 1. The molecule has 1 heterocycles. The van der Waals surface area contributed by atoms with E-state index in [1.165, 1.54) is 0 Å². The Labute approximate surface area is 71.4 Å². The summed E-state index contributed by atoms with van der Waals surface area (Å²) in [7, 11) is 0. The second-order valence-electron chi connectivity index (χ2n) is 2.30.